The Morgan fingerprint density at radius 1 is 0.818 bits per heavy atom. The van der Waals surface area contributed by atoms with E-state index in [2.05, 4.69) is 35.9 Å². The highest BCUT2D eigenvalue weighted by molar-refractivity contribution is 4.57. The van der Waals surface area contributed by atoms with Crippen molar-refractivity contribution < 1.29 is 4.57 Å². The number of unbranched alkanes of at least 4 members (excludes halogenated alkanes) is 10. The maximum absolute atomic E-state index is 3.11. The van der Waals surface area contributed by atoms with Gasteiger partial charge in [0.1, 0.15) is 12.4 Å². The zero-order valence-electron chi connectivity index (χ0n) is 15.2. The molecule has 1 heterocycles. The Balaban J connectivity index is 1.79. The minimum Gasteiger partial charge on any atom is -0.250 e. The molecule has 0 aliphatic heterocycles. The van der Waals surface area contributed by atoms with E-state index < -0.39 is 0 Å². The lowest BCUT2D eigenvalue weighted by Gasteiger charge is -2.09. The predicted molar refractivity (Wildman–Crippen MR) is 95.8 cm³/mol. The van der Waals surface area contributed by atoms with Crippen molar-refractivity contribution in [2.75, 3.05) is 0 Å². The summed E-state index contributed by atoms with van der Waals surface area (Å²) < 4.78 is 2.25. The van der Waals surface area contributed by atoms with Crippen LogP contribution in [0.25, 0.3) is 0 Å². The van der Waals surface area contributed by atoms with E-state index in [1.165, 1.54) is 83.5 Å². The van der Waals surface area contributed by atoms with Crippen LogP contribution in [-0.2, 0) is 6.54 Å². The normalized spacial score (nSPS) is 12.6. The number of hydrogen-bond donors (Lipinski definition) is 1. The molecule has 1 rings (SSSR count). The quantitative estimate of drug-likeness (QED) is 0.301. The Morgan fingerprint density at radius 3 is 1.95 bits per heavy atom. The van der Waals surface area contributed by atoms with Crippen molar-refractivity contribution >= 4 is 0 Å². The molecule has 2 heteroatoms. The first-order valence-corrected chi connectivity index (χ1v) is 9.84. The fourth-order valence-corrected chi connectivity index (χ4v) is 3.13. The van der Waals surface area contributed by atoms with Crippen molar-refractivity contribution in [3.63, 3.8) is 0 Å². The molecule has 1 atom stereocenters. The molecule has 0 aliphatic carbocycles. The molecule has 0 saturated heterocycles. The molecule has 0 aliphatic rings. The van der Waals surface area contributed by atoms with E-state index in [0.717, 1.165) is 12.5 Å². The van der Waals surface area contributed by atoms with Crippen LogP contribution in [0.2, 0.25) is 0 Å². The highest BCUT2D eigenvalue weighted by Gasteiger charge is 2.04. The number of nitrogens with zero attached hydrogens (tertiary/aromatic N) is 1. The second kappa shape index (κ2) is 13.8. The number of rotatable bonds is 15. The van der Waals surface area contributed by atoms with Gasteiger partial charge in [-0.15, -0.1) is 0 Å². The second-order valence-electron chi connectivity index (χ2n) is 7.07. The lowest BCUT2D eigenvalue weighted by atomic mass is 9.98. The standard InChI is InChI=1S/C20H38N2/c1-3-4-5-6-7-8-9-10-11-12-13-14-20(2)15-17-22-18-16-21-19-22/h16,18-20H,3-15,17H2,1-2H3/p+1. The molecule has 0 bridgehead atoms. The summed E-state index contributed by atoms with van der Waals surface area (Å²) in [7, 11) is 0. The summed E-state index contributed by atoms with van der Waals surface area (Å²) in [5, 5.41) is 0. The maximum atomic E-state index is 3.11. The van der Waals surface area contributed by atoms with Gasteiger partial charge in [0.05, 0.1) is 6.54 Å². The van der Waals surface area contributed by atoms with E-state index in [4.69, 9.17) is 0 Å². The van der Waals surface area contributed by atoms with Gasteiger partial charge in [0.15, 0.2) is 0 Å². The van der Waals surface area contributed by atoms with Gasteiger partial charge in [-0.25, -0.2) is 4.57 Å². The van der Waals surface area contributed by atoms with Crippen LogP contribution in [0.15, 0.2) is 18.7 Å². The van der Waals surface area contributed by atoms with Crippen molar-refractivity contribution in [1.82, 2.24) is 4.98 Å². The third-order valence-corrected chi connectivity index (χ3v) is 4.78. The number of aromatic amines is 1. The lowest BCUT2D eigenvalue weighted by Crippen LogP contribution is -2.31. The summed E-state index contributed by atoms with van der Waals surface area (Å²) in [6, 6.07) is 0. The van der Waals surface area contributed by atoms with E-state index in [-0.39, 0.29) is 0 Å². The highest BCUT2D eigenvalue weighted by atomic mass is 15.0. The van der Waals surface area contributed by atoms with Crippen molar-refractivity contribution in [2.24, 2.45) is 5.92 Å². The van der Waals surface area contributed by atoms with E-state index >= 15 is 0 Å². The largest absolute Gasteiger partial charge is 0.250 e. The summed E-state index contributed by atoms with van der Waals surface area (Å²) in [6.07, 6.45) is 24.8. The summed E-state index contributed by atoms with van der Waals surface area (Å²) in [4.78, 5) is 3.11. The van der Waals surface area contributed by atoms with Crippen LogP contribution in [0.4, 0.5) is 0 Å². The van der Waals surface area contributed by atoms with Crippen molar-refractivity contribution in [3.05, 3.63) is 18.7 Å². The van der Waals surface area contributed by atoms with Crippen LogP contribution in [0.5, 0.6) is 0 Å². The number of hydrogen-bond acceptors (Lipinski definition) is 0. The van der Waals surface area contributed by atoms with Gasteiger partial charge in [-0.2, -0.15) is 0 Å². The first kappa shape index (κ1) is 19.3. The van der Waals surface area contributed by atoms with Crippen LogP contribution in [0, 0.1) is 5.92 Å². The molecule has 0 fully saturated rings. The van der Waals surface area contributed by atoms with Gasteiger partial charge < -0.3 is 0 Å². The minimum absolute atomic E-state index is 0.862. The average molecular weight is 308 g/mol. The molecule has 1 aromatic heterocycles. The van der Waals surface area contributed by atoms with Crippen molar-refractivity contribution in [3.8, 4) is 0 Å². The summed E-state index contributed by atoms with van der Waals surface area (Å²) >= 11 is 0. The molecule has 2 nitrogen and oxygen atoms in total. The van der Waals surface area contributed by atoms with Gasteiger partial charge >= 0.3 is 0 Å². The molecule has 0 amide bonds. The van der Waals surface area contributed by atoms with Gasteiger partial charge in [0, 0.05) is 0 Å². The minimum atomic E-state index is 0.862. The fourth-order valence-electron chi connectivity index (χ4n) is 3.13. The van der Waals surface area contributed by atoms with Crippen molar-refractivity contribution in [2.45, 2.75) is 104 Å². The third kappa shape index (κ3) is 10.9. The molecule has 128 valence electrons. The topological polar surface area (TPSA) is 19.7 Å². The number of aryl methyl sites for hydroxylation is 1. The van der Waals surface area contributed by atoms with Crippen LogP contribution in [0.3, 0.4) is 0 Å². The summed E-state index contributed by atoms with van der Waals surface area (Å²) in [5.41, 5.74) is 0. The molecule has 0 radical (unpaired) electrons. The second-order valence-corrected chi connectivity index (χ2v) is 7.07. The van der Waals surface area contributed by atoms with Crippen molar-refractivity contribution in [1.29, 1.82) is 0 Å². The Morgan fingerprint density at radius 2 is 1.41 bits per heavy atom. The zero-order valence-corrected chi connectivity index (χ0v) is 15.2. The first-order valence-electron chi connectivity index (χ1n) is 9.84. The number of aromatic nitrogens is 2. The van der Waals surface area contributed by atoms with Gasteiger partial charge in [-0.1, -0.05) is 90.9 Å². The number of nitrogens with one attached hydrogen (secondary N) is 1. The van der Waals surface area contributed by atoms with Crippen LogP contribution in [-0.4, -0.2) is 4.98 Å². The molecule has 0 saturated carbocycles. The van der Waals surface area contributed by atoms with Crippen LogP contribution < -0.4 is 4.57 Å². The molecule has 1 N–H and O–H groups in total. The first-order chi connectivity index (χ1) is 10.8. The molecule has 0 spiro atoms. The monoisotopic (exact) mass is 307 g/mol. The Kier molecular flexibility index (Phi) is 12.1. The van der Waals surface area contributed by atoms with Gasteiger partial charge in [0.2, 0.25) is 6.33 Å². The fraction of sp³-hybridized carbons (Fsp3) is 0.850. The maximum Gasteiger partial charge on any atom is 0.241 e. The molecule has 0 aromatic carbocycles. The van der Waals surface area contributed by atoms with Gasteiger partial charge in [-0.05, 0) is 12.3 Å². The molecule has 1 unspecified atom stereocenters. The average Bonchev–Trinajstić information content (AvgIpc) is 3.04. The lowest BCUT2D eigenvalue weighted by molar-refractivity contribution is -0.696. The molecule has 1 aromatic rings. The van der Waals surface area contributed by atoms with Gasteiger partial charge in [-0.3, -0.25) is 4.98 Å². The van der Waals surface area contributed by atoms with Crippen LogP contribution in [0.1, 0.15) is 97.3 Å². The molecule has 22 heavy (non-hydrogen) atoms. The van der Waals surface area contributed by atoms with E-state index in [1.807, 2.05) is 6.20 Å². The predicted octanol–water partition coefficient (Wildman–Crippen LogP) is 6.03. The van der Waals surface area contributed by atoms with Gasteiger partial charge in [0.25, 0.3) is 0 Å². The number of imidazole rings is 1. The Hall–Kier alpha value is -0.790. The smallest absolute Gasteiger partial charge is 0.241 e. The van der Waals surface area contributed by atoms with Crippen LogP contribution >= 0.6 is 0 Å². The number of H-pyrrole nitrogens is 1. The molecular formula is C20H39N2+. The SMILES string of the molecule is CCCCCCCCCCCCCC(C)CC[n+]1cc[nH]c1. The summed E-state index contributed by atoms with van der Waals surface area (Å²) in [5.74, 6) is 0.862. The summed E-state index contributed by atoms with van der Waals surface area (Å²) in [6.45, 7) is 5.85. The third-order valence-electron chi connectivity index (χ3n) is 4.78. The Labute approximate surface area is 138 Å². The van der Waals surface area contributed by atoms with E-state index in [9.17, 15) is 0 Å². The molecular weight excluding hydrogens is 268 g/mol. The Bertz CT molecular complexity index is 318. The highest BCUT2D eigenvalue weighted by Crippen LogP contribution is 2.15. The van der Waals surface area contributed by atoms with E-state index in [1.54, 1.807) is 0 Å². The van der Waals surface area contributed by atoms with E-state index in [0.29, 0.717) is 0 Å². The zero-order chi connectivity index (χ0) is 15.9.